The van der Waals surface area contributed by atoms with Crippen LogP contribution < -0.4 is 9.64 Å². The summed E-state index contributed by atoms with van der Waals surface area (Å²) < 4.78 is 5.90. The molecular weight excluding hydrogens is 376 g/mol. The van der Waals surface area contributed by atoms with Crippen molar-refractivity contribution in [1.82, 2.24) is 9.97 Å². The molecule has 6 nitrogen and oxygen atoms in total. The zero-order valence-electron chi connectivity index (χ0n) is 15.5. The van der Waals surface area contributed by atoms with E-state index >= 15 is 0 Å². The third-order valence-corrected chi connectivity index (χ3v) is 4.71. The van der Waals surface area contributed by atoms with Crippen LogP contribution in [0.4, 0.5) is 5.82 Å². The van der Waals surface area contributed by atoms with Crippen molar-refractivity contribution in [3.8, 4) is 11.8 Å². The molecule has 1 saturated heterocycles. The number of nitrogens with zero attached hydrogens (tertiary/aromatic N) is 4. The number of rotatable bonds is 4. The highest BCUT2D eigenvalue weighted by molar-refractivity contribution is 5.90. The van der Waals surface area contributed by atoms with Crippen LogP contribution in [-0.4, -0.2) is 34.3 Å². The molecule has 1 N–H and O–H groups in total. The lowest BCUT2D eigenvalue weighted by Gasteiger charge is -2.19. The standard InChI is InChI=1S/C21H20N4O2.ClH/c1-14-23-20-10-18(27-13-16-4-2-15(11-22)3-5-16)6-7-19(20)21(24-14)25-9-8-17(26)12-25;/h2-7,10,17,26H,8-9,12-13H2,1H3;1H. The Labute approximate surface area is 169 Å². The van der Waals surface area contributed by atoms with Gasteiger partial charge in [-0.15, -0.1) is 12.4 Å². The zero-order valence-corrected chi connectivity index (χ0v) is 16.3. The van der Waals surface area contributed by atoms with Crippen molar-refractivity contribution in [1.29, 1.82) is 5.26 Å². The van der Waals surface area contributed by atoms with E-state index in [9.17, 15) is 5.11 Å². The van der Waals surface area contributed by atoms with Crippen molar-refractivity contribution in [2.45, 2.75) is 26.1 Å². The lowest BCUT2D eigenvalue weighted by atomic mass is 10.1. The second-order valence-corrected chi connectivity index (χ2v) is 6.76. The first-order valence-electron chi connectivity index (χ1n) is 8.95. The van der Waals surface area contributed by atoms with Gasteiger partial charge in [0, 0.05) is 24.5 Å². The Morgan fingerprint density at radius 2 is 2.00 bits per heavy atom. The van der Waals surface area contributed by atoms with E-state index in [1.807, 2.05) is 37.3 Å². The Balaban J connectivity index is 0.00000225. The van der Waals surface area contributed by atoms with Gasteiger partial charge in [0.2, 0.25) is 0 Å². The number of benzene rings is 2. The zero-order chi connectivity index (χ0) is 18.8. The molecule has 1 unspecified atom stereocenters. The molecule has 0 bridgehead atoms. The lowest BCUT2D eigenvalue weighted by molar-refractivity contribution is 0.198. The monoisotopic (exact) mass is 396 g/mol. The van der Waals surface area contributed by atoms with Crippen LogP contribution in [0.15, 0.2) is 42.5 Å². The van der Waals surface area contributed by atoms with E-state index in [-0.39, 0.29) is 18.5 Å². The van der Waals surface area contributed by atoms with Crippen LogP contribution in [-0.2, 0) is 6.61 Å². The average molecular weight is 397 g/mol. The fourth-order valence-electron chi connectivity index (χ4n) is 3.31. The van der Waals surface area contributed by atoms with Gasteiger partial charge in [0.1, 0.15) is 24.0 Å². The number of aliphatic hydroxyl groups is 1. The predicted molar refractivity (Wildman–Crippen MR) is 110 cm³/mol. The summed E-state index contributed by atoms with van der Waals surface area (Å²) in [6.45, 7) is 3.69. The number of aliphatic hydroxyl groups excluding tert-OH is 1. The maximum atomic E-state index is 9.83. The van der Waals surface area contributed by atoms with Crippen LogP contribution in [0.3, 0.4) is 0 Å². The molecule has 2 heterocycles. The first kappa shape index (κ1) is 19.9. The third kappa shape index (κ3) is 4.16. The molecule has 1 fully saturated rings. The summed E-state index contributed by atoms with van der Waals surface area (Å²) in [5, 5.41) is 19.7. The average Bonchev–Trinajstić information content (AvgIpc) is 3.12. The van der Waals surface area contributed by atoms with Crippen LogP contribution in [0.2, 0.25) is 0 Å². The number of anilines is 1. The molecule has 0 amide bonds. The van der Waals surface area contributed by atoms with Gasteiger partial charge in [0.05, 0.1) is 23.3 Å². The molecule has 1 aliphatic heterocycles. The number of ether oxygens (including phenoxy) is 1. The topological polar surface area (TPSA) is 82.3 Å². The first-order chi connectivity index (χ1) is 13.1. The highest BCUT2D eigenvalue weighted by Crippen LogP contribution is 2.29. The number of aromatic nitrogens is 2. The molecule has 0 aliphatic carbocycles. The largest absolute Gasteiger partial charge is 0.489 e. The van der Waals surface area contributed by atoms with Gasteiger partial charge in [-0.3, -0.25) is 0 Å². The Morgan fingerprint density at radius 1 is 1.21 bits per heavy atom. The maximum absolute atomic E-state index is 9.83. The number of aryl methyl sites for hydroxylation is 1. The molecule has 0 spiro atoms. The molecule has 0 saturated carbocycles. The Hall–Kier alpha value is -2.88. The summed E-state index contributed by atoms with van der Waals surface area (Å²) in [5.41, 5.74) is 2.46. The molecule has 28 heavy (non-hydrogen) atoms. The second-order valence-electron chi connectivity index (χ2n) is 6.76. The summed E-state index contributed by atoms with van der Waals surface area (Å²) in [5.74, 6) is 2.30. The van der Waals surface area contributed by atoms with Crippen molar-refractivity contribution >= 4 is 29.1 Å². The van der Waals surface area contributed by atoms with Gasteiger partial charge in [-0.05, 0) is 43.2 Å². The second kappa shape index (κ2) is 8.42. The molecule has 7 heteroatoms. The number of β-amino-alcohol motifs (C(OH)–C–C–N with tert-alkyl or cyclic N) is 1. The van der Waals surface area contributed by atoms with Crippen molar-refractivity contribution in [2.75, 3.05) is 18.0 Å². The number of nitriles is 1. The van der Waals surface area contributed by atoms with E-state index in [1.54, 1.807) is 12.1 Å². The van der Waals surface area contributed by atoms with Gasteiger partial charge < -0.3 is 14.7 Å². The summed E-state index contributed by atoms with van der Waals surface area (Å²) in [7, 11) is 0. The lowest BCUT2D eigenvalue weighted by Crippen LogP contribution is -2.23. The van der Waals surface area contributed by atoms with Gasteiger partial charge in [-0.1, -0.05) is 12.1 Å². The fourth-order valence-corrected chi connectivity index (χ4v) is 3.31. The SMILES string of the molecule is Cc1nc(N2CCC(O)C2)c2ccc(OCc3ccc(C#N)cc3)cc2n1.Cl. The van der Waals surface area contributed by atoms with Crippen LogP contribution >= 0.6 is 12.4 Å². The highest BCUT2D eigenvalue weighted by Gasteiger charge is 2.23. The Morgan fingerprint density at radius 3 is 2.68 bits per heavy atom. The van der Waals surface area contributed by atoms with E-state index in [4.69, 9.17) is 10.00 Å². The first-order valence-corrected chi connectivity index (χ1v) is 8.95. The highest BCUT2D eigenvalue weighted by atomic mass is 35.5. The molecule has 1 aromatic heterocycles. The van der Waals surface area contributed by atoms with Gasteiger partial charge in [0.25, 0.3) is 0 Å². The fraction of sp³-hybridized carbons (Fsp3) is 0.286. The normalized spacial score (nSPS) is 15.9. The van der Waals surface area contributed by atoms with Crippen molar-refractivity contribution < 1.29 is 9.84 Å². The van der Waals surface area contributed by atoms with Crippen LogP contribution in [0.1, 0.15) is 23.4 Å². The van der Waals surface area contributed by atoms with E-state index < -0.39 is 0 Å². The minimum absolute atomic E-state index is 0. The molecule has 2 aromatic carbocycles. The maximum Gasteiger partial charge on any atom is 0.140 e. The van der Waals surface area contributed by atoms with Crippen LogP contribution in [0, 0.1) is 18.3 Å². The van der Waals surface area contributed by atoms with E-state index in [0.717, 1.165) is 41.0 Å². The minimum atomic E-state index is -0.301. The molecule has 1 aliphatic rings. The molecule has 3 aromatic rings. The number of halogens is 1. The minimum Gasteiger partial charge on any atom is -0.489 e. The predicted octanol–water partition coefficient (Wildman–Crippen LogP) is 3.38. The quantitative estimate of drug-likeness (QED) is 0.728. The third-order valence-electron chi connectivity index (χ3n) is 4.71. The summed E-state index contributed by atoms with van der Waals surface area (Å²) in [6, 6.07) is 15.3. The smallest absolute Gasteiger partial charge is 0.140 e. The van der Waals surface area contributed by atoms with Gasteiger partial charge in [-0.2, -0.15) is 5.26 Å². The summed E-state index contributed by atoms with van der Waals surface area (Å²) >= 11 is 0. The summed E-state index contributed by atoms with van der Waals surface area (Å²) in [4.78, 5) is 11.3. The van der Waals surface area contributed by atoms with Gasteiger partial charge in [0.15, 0.2) is 0 Å². The molecule has 1 atom stereocenters. The molecule has 144 valence electrons. The molecule has 0 radical (unpaired) electrons. The van der Waals surface area contributed by atoms with E-state index in [2.05, 4.69) is 20.9 Å². The Bertz CT molecular complexity index is 1020. The van der Waals surface area contributed by atoms with E-state index in [1.165, 1.54) is 0 Å². The number of fused-ring (bicyclic) bond motifs is 1. The van der Waals surface area contributed by atoms with Crippen molar-refractivity contribution in [3.63, 3.8) is 0 Å². The van der Waals surface area contributed by atoms with Crippen molar-refractivity contribution in [2.24, 2.45) is 0 Å². The van der Waals surface area contributed by atoms with Gasteiger partial charge >= 0.3 is 0 Å². The summed E-state index contributed by atoms with van der Waals surface area (Å²) in [6.07, 6.45) is 0.460. The number of hydrogen-bond acceptors (Lipinski definition) is 6. The molecule has 4 rings (SSSR count). The van der Waals surface area contributed by atoms with Crippen LogP contribution in [0.25, 0.3) is 10.9 Å². The van der Waals surface area contributed by atoms with Gasteiger partial charge in [-0.25, -0.2) is 9.97 Å². The Kier molecular flexibility index (Phi) is 5.98. The molecular formula is C21H21ClN4O2. The van der Waals surface area contributed by atoms with E-state index in [0.29, 0.717) is 24.5 Å². The van der Waals surface area contributed by atoms with Crippen LogP contribution in [0.5, 0.6) is 5.75 Å². The van der Waals surface area contributed by atoms with Crippen molar-refractivity contribution in [3.05, 3.63) is 59.4 Å². The number of hydrogen-bond donors (Lipinski definition) is 1.